The van der Waals surface area contributed by atoms with E-state index in [-0.39, 0.29) is 6.10 Å². The van der Waals surface area contributed by atoms with Gasteiger partial charge in [-0.1, -0.05) is 19.3 Å². The maximum absolute atomic E-state index is 9.66. The summed E-state index contributed by atoms with van der Waals surface area (Å²) in [6.07, 6.45) is 11.7. The molecule has 17 heavy (non-hydrogen) atoms. The highest BCUT2D eigenvalue weighted by molar-refractivity contribution is 4.99. The minimum absolute atomic E-state index is 0.0179. The molecule has 0 spiro atoms. The smallest absolute Gasteiger partial charge is 0.0550 e. The van der Waals surface area contributed by atoms with Gasteiger partial charge in [-0.05, 0) is 50.4 Å². The molecule has 3 rings (SSSR count). The lowest BCUT2D eigenvalue weighted by Gasteiger charge is -2.54. The van der Waals surface area contributed by atoms with Crippen molar-refractivity contribution in [2.24, 2.45) is 17.3 Å². The van der Waals surface area contributed by atoms with Crippen molar-refractivity contribution in [1.82, 2.24) is 0 Å². The first kappa shape index (κ1) is 12.0. The molecule has 2 saturated carbocycles. The van der Waals surface area contributed by atoms with Crippen molar-refractivity contribution in [3.8, 4) is 0 Å². The highest BCUT2D eigenvalue weighted by Gasteiger charge is 2.51. The second-order valence-electron chi connectivity index (χ2n) is 6.57. The third-order valence-corrected chi connectivity index (χ3v) is 5.67. The van der Waals surface area contributed by atoms with Gasteiger partial charge < -0.3 is 9.84 Å². The molecule has 1 heterocycles. The van der Waals surface area contributed by atoms with E-state index >= 15 is 0 Å². The van der Waals surface area contributed by atoms with E-state index in [4.69, 9.17) is 4.74 Å². The van der Waals surface area contributed by atoms with E-state index in [1.54, 1.807) is 0 Å². The van der Waals surface area contributed by atoms with Gasteiger partial charge >= 0.3 is 0 Å². The Morgan fingerprint density at radius 3 is 1.88 bits per heavy atom. The Bertz CT molecular complexity index is 246. The zero-order valence-corrected chi connectivity index (χ0v) is 10.9. The second kappa shape index (κ2) is 4.89. The van der Waals surface area contributed by atoms with Crippen molar-refractivity contribution >= 4 is 0 Å². The molecular formula is C15H26O2. The highest BCUT2D eigenvalue weighted by Crippen LogP contribution is 2.52. The topological polar surface area (TPSA) is 29.5 Å². The minimum Gasteiger partial charge on any atom is -0.393 e. The van der Waals surface area contributed by atoms with E-state index in [1.807, 2.05) is 0 Å². The number of rotatable bonds is 2. The summed E-state index contributed by atoms with van der Waals surface area (Å²) < 4.78 is 5.61. The predicted molar refractivity (Wildman–Crippen MR) is 67.8 cm³/mol. The lowest BCUT2D eigenvalue weighted by atomic mass is 9.57. The third-order valence-electron chi connectivity index (χ3n) is 5.67. The SMILES string of the molecule is OC1CCC(C2(C3CCCCC3)COC2)CC1. The summed E-state index contributed by atoms with van der Waals surface area (Å²) in [6.45, 7) is 2.02. The van der Waals surface area contributed by atoms with Gasteiger partial charge in [0, 0.05) is 5.41 Å². The Balaban J connectivity index is 1.68. The van der Waals surface area contributed by atoms with Crippen molar-refractivity contribution in [3.05, 3.63) is 0 Å². The number of aliphatic hydroxyl groups is 1. The van der Waals surface area contributed by atoms with Crippen LogP contribution < -0.4 is 0 Å². The van der Waals surface area contributed by atoms with E-state index in [2.05, 4.69) is 0 Å². The van der Waals surface area contributed by atoms with Gasteiger partial charge in [0.2, 0.25) is 0 Å². The summed E-state index contributed by atoms with van der Waals surface area (Å²) in [5, 5.41) is 9.66. The van der Waals surface area contributed by atoms with Crippen LogP contribution in [0.5, 0.6) is 0 Å². The molecule has 0 amide bonds. The number of ether oxygens (including phenoxy) is 1. The van der Waals surface area contributed by atoms with Crippen molar-refractivity contribution in [3.63, 3.8) is 0 Å². The molecule has 98 valence electrons. The maximum Gasteiger partial charge on any atom is 0.0550 e. The van der Waals surface area contributed by atoms with E-state index in [9.17, 15) is 5.11 Å². The first-order chi connectivity index (χ1) is 8.31. The van der Waals surface area contributed by atoms with Crippen LogP contribution in [-0.2, 0) is 4.74 Å². The van der Waals surface area contributed by atoms with Gasteiger partial charge in [-0.25, -0.2) is 0 Å². The summed E-state index contributed by atoms with van der Waals surface area (Å²) in [5.74, 6) is 1.76. The fraction of sp³-hybridized carbons (Fsp3) is 1.00. The molecule has 0 radical (unpaired) electrons. The zero-order chi connectivity index (χ0) is 11.7. The highest BCUT2D eigenvalue weighted by atomic mass is 16.5. The maximum atomic E-state index is 9.66. The fourth-order valence-corrected chi connectivity index (χ4v) is 4.47. The van der Waals surface area contributed by atoms with Crippen LogP contribution in [0.1, 0.15) is 57.8 Å². The molecule has 0 aromatic heterocycles. The van der Waals surface area contributed by atoms with Crippen LogP contribution in [0.15, 0.2) is 0 Å². The Labute approximate surface area is 105 Å². The average molecular weight is 238 g/mol. The normalized spacial score (nSPS) is 38.6. The standard InChI is InChI=1S/C15H26O2/c16-14-8-6-13(7-9-14)15(10-17-11-15)12-4-2-1-3-5-12/h12-14,16H,1-11H2. The molecule has 1 aliphatic heterocycles. The van der Waals surface area contributed by atoms with E-state index in [1.165, 1.54) is 44.9 Å². The first-order valence-corrected chi connectivity index (χ1v) is 7.57. The van der Waals surface area contributed by atoms with Gasteiger partial charge in [-0.2, -0.15) is 0 Å². The van der Waals surface area contributed by atoms with Gasteiger partial charge in [0.15, 0.2) is 0 Å². The summed E-state index contributed by atoms with van der Waals surface area (Å²) in [4.78, 5) is 0. The molecule has 0 aromatic carbocycles. The van der Waals surface area contributed by atoms with Crippen molar-refractivity contribution in [2.45, 2.75) is 63.9 Å². The Morgan fingerprint density at radius 2 is 1.35 bits per heavy atom. The number of aliphatic hydroxyl groups excluding tert-OH is 1. The van der Waals surface area contributed by atoms with Crippen LogP contribution in [0.4, 0.5) is 0 Å². The van der Waals surface area contributed by atoms with E-state index in [0.29, 0.717) is 5.41 Å². The summed E-state index contributed by atoms with van der Waals surface area (Å²) in [7, 11) is 0. The van der Waals surface area contributed by atoms with Gasteiger partial charge in [-0.15, -0.1) is 0 Å². The summed E-state index contributed by atoms with van der Waals surface area (Å²) >= 11 is 0. The van der Waals surface area contributed by atoms with Gasteiger partial charge in [0.25, 0.3) is 0 Å². The van der Waals surface area contributed by atoms with Crippen LogP contribution >= 0.6 is 0 Å². The quantitative estimate of drug-likeness (QED) is 0.801. The molecule has 0 bridgehead atoms. The Morgan fingerprint density at radius 1 is 0.765 bits per heavy atom. The zero-order valence-electron chi connectivity index (χ0n) is 10.9. The predicted octanol–water partition coefficient (Wildman–Crippen LogP) is 3.13. The van der Waals surface area contributed by atoms with Crippen LogP contribution in [0.25, 0.3) is 0 Å². The largest absolute Gasteiger partial charge is 0.393 e. The first-order valence-electron chi connectivity index (χ1n) is 7.57. The minimum atomic E-state index is -0.0179. The van der Waals surface area contributed by atoms with Crippen LogP contribution in [0, 0.1) is 17.3 Å². The van der Waals surface area contributed by atoms with Crippen molar-refractivity contribution < 1.29 is 9.84 Å². The third kappa shape index (κ3) is 2.15. The lowest BCUT2D eigenvalue weighted by Crippen LogP contribution is -2.55. The second-order valence-corrected chi connectivity index (χ2v) is 6.57. The average Bonchev–Trinajstić information content (AvgIpc) is 2.32. The molecular weight excluding hydrogens is 212 g/mol. The Hall–Kier alpha value is -0.0800. The van der Waals surface area contributed by atoms with Gasteiger partial charge in [-0.3, -0.25) is 0 Å². The molecule has 3 aliphatic rings. The lowest BCUT2D eigenvalue weighted by molar-refractivity contribution is -0.193. The molecule has 2 heteroatoms. The summed E-state index contributed by atoms with van der Waals surface area (Å²) in [5.41, 5.74) is 0.514. The monoisotopic (exact) mass is 238 g/mol. The van der Waals surface area contributed by atoms with Crippen LogP contribution in [0.3, 0.4) is 0 Å². The van der Waals surface area contributed by atoms with Crippen LogP contribution in [-0.4, -0.2) is 24.4 Å². The summed E-state index contributed by atoms with van der Waals surface area (Å²) in [6, 6.07) is 0. The molecule has 0 aromatic rings. The van der Waals surface area contributed by atoms with Gasteiger partial charge in [0.05, 0.1) is 19.3 Å². The number of hydrogen-bond acceptors (Lipinski definition) is 2. The molecule has 3 fully saturated rings. The van der Waals surface area contributed by atoms with E-state index < -0.39 is 0 Å². The van der Waals surface area contributed by atoms with Crippen molar-refractivity contribution in [1.29, 1.82) is 0 Å². The Kier molecular flexibility index (Phi) is 3.45. The number of hydrogen-bond donors (Lipinski definition) is 1. The van der Waals surface area contributed by atoms with E-state index in [0.717, 1.165) is 37.9 Å². The van der Waals surface area contributed by atoms with Crippen molar-refractivity contribution in [2.75, 3.05) is 13.2 Å². The van der Waals surface area contributed by atoms with Crippen LogP contribution in [0.2, 0.25) is 0 Å². The molecule has 2 aliphatic carbocycles. The fourth-order valence-electron chi connectivity index (χ4n) is 4.47. The molecule has 1 saturated heterocycles. The molecule has 2 nitrogen and oxygen atoms in total. The molecule has 1 N–H and O–H groups in total. The molecule has 0 unspecified atom stereocenters. The molecule has 0 atom stereocenters. The van der Waals surface area contributed by atoms with Gasteiger partial charge in [0.1, 0.15) is 0 Å².